The van der Waals surface area contributed by atoms with Crippen LogP contribution in [0.3, 0.4) is 0 Å². The predicted molar refractivity (Wildman–Crippen MR) is 65.1 cm³/mol. The predicted octanol–water partition coefficient (Wildman–Crippen LogP) is 3.33. The Morgan fingerprint density at radius 3 is 2.47 bits per heavy atom. The van der Waals surface area contributed by atoms with Crippen LogP contribution in [0.2, 0.25) is 0 Å². The fourth-order valence-electron chi connectivity index (χ4n) is 2.22. The molecule has 0 aromatic heterocycles. The van der Waals surface area contributed by atoms with Crippen molar-refractivity contribution in [2.45, 2.75) is 42.9 Å². The summed E-state index contributed by atoms with van der Waals surface area (Å²) in [6.07, 6.45) is 1.92. The summed E-state index contributed by atoms with van der Waals surface area (Å²) in [6, 6.07) is 10.4. The second-order valence-electron chi connectivity index (χ2n) is 4.95. The lowest BCUT2D eigenvalue weighted by molar-refractivity contribution is 0.175. The molecule has 0 radical (unpaired) electrons. The van der Waals surface area contributed by atoms with E-state index < -0.39 is 0 Å². The highest BCUT2D eigenvalue weighted by molar-refractivity contribution is 8.00. The van der Waals surface area contributed by atoms with Crippen molar-refractivity contribution in [2.75, 3.05) is 0 Å². The van der Waals surface area contributed by atoms with Gasteiger partial charge in [-0.3, -0.25) is 0 Å². The SMILES string of the molecule is CC1(C)CCC(O)C1Sc1ccccc1. The number of hydrogen-bond acceptors (Lipinski definition) is 2. The molecule has 2 unspecified atom stereocenters. The smallest absolute Gasteiger partial charge is 0.0667 e. The van der Waals surface area contributed by atoms with Gasteiger partial charge in [-0.05, 0) is 30.4 Å². The molecule has 0 saturated heterocycles. The van der Waals surface area contributed by atoms with Crippen molar-refractivity contribution in [2.24, 2.45) is 5.41 Å². The minimum Gasteiger partial charge on any atom is -0.392 e. The highest BCUT2D eigenvalue weighted by atomic mass is 32.2. The standard InChI is InChI=1S/C13H18OS/c1-13(2)9-8-11(14)12(13)15-10-6-4-3-5-7-10/h3-7,11-12,14H,8-9H2,1-2H3. The van der Waals surface area contributed by atoms with E-state index in [1.807, 2.05) is 17.8 Å². The Morgan fingerprint density at radius 1 is 1.27 bits per heavy atom. The van der Waals surface area contributed by atoms with Crippen LogP contribution in [0.1, 0.15) is 26.7 Å². The van der Waals surface area contributed by atoms with Crippen LogP contribution in [0.15, 0.2) is 35.2 Å². The summed E-state index contributed by atoms with van der Waals surface area (Å²) < 4.78 is 0. The highest BCUT2D eigenvalue weighted by Crippen LogP contribution is 2.46. The summed E-state index contributed by atoms with van der Waals surface area (Å²) in [6.45, 7) is 4.51. The normalized spacial score (nSPS) is 29.3. The lowest BCUT2D eigenvalue weighted by Gasteiger charge is -2.28. The van der Waals surface area contributed by atoms with Crippen molar-refractivity contribution >= 4 is 11.8 Å². The second-order valence-corrected chi connectivity index (χ2v) is 6.16. The molecule has 0 amide bonds. The average molecular weight is 222 g/mol. The van der Waals surface area contributed by atoms with Gasteiger partial charge in [0.15, 0.2) is 0 Å². The van der Waals surface area contributed by atoms with Crippen molar-refractivity contribution < 1.29 is 5.11 Å². The Morgan fingerprint density at radius 2 is 1.93 bits per heavy atom. The molecule has 82 valence electrons. The Kier molecular flexibility index (Phi) is 3.08. The molecular formula is C13H18OS. The van der Waals surface area contributed by atoms with Crippen LogP contribution in [0.25, 0.3) is 0 Å². The third-order valence-corrected chi connectivity index (χ3v) is 4.96. The van der Waals surface area contributed by atoms with E-state index in [0.717, 1.165) is 12.8 Å². The summed E-state index contributed by atoms with van der Waals surface area (Å²) in [7, 11) is 0. The first-order valence-corrected chi connectivity index (χ1v) is 6.37. The van der Waals surface area contributed by atoms with Gasteiger partial charge < -0.3 is 5.11 Å². The third-order valence-electron chi connectivity index (χ3n) is 3.21. The van der Waals surface area contributed by atoms with Gasteiger partial charge in [0.2, 0.25) is 0 Å². The minimum atomic E-state index is -0.148. The molecule has 0 heterocycles. The zero-order chi connectivity index (χ0) is 10.9. The molecule has 2 atom stereocenters. The zero-order valence-electron chi connectivity index (χ0n) is 9.31. The van der Waals surface area contributed by atoms with Crippen LogP contribution in [-0.2, 0) is 0 Å². The van der Waals surface area contributed by atoms with E-state index in [2.05, 4.69) is 38.1 Å². The highest BCUT2D eigenvalue weighted by Gasteiger charge is 2.41. The first-order valence-electron chi connectivity index (χ1n) is 5.49. The van der Waals surface area contributed by atoms with Gasteiger partial charge in [-0.2, -0.15) is 0 Å². The van der Waals surface area contributed by atoms with E-state index in [-0.39, 0.29) is 11.5 Å². The monoisotopic (exact) mass is 222 g/mol. The number of rotatable bonds is 2. The Balaban J connectivity index is 2.11. The summed E-state index contributed by atoms with van der Waals surface area (Å²) in [5.41, 5.74) is 0.250. The van der Waals surface area contributed by atoms with Crippen LogP contribution >= 0.6 is 11.8 Å². The van der Waals surface area contributed by atoms with Crippen molar-refractivity contribution in [1.29, 1.82) is 0 Å². The largest absolute Gasteiger partial charge is 0.392 e. The van der Waals surface area contributed by atoms with Gasteiger partial charge in [0.05, 0.1) is 6.10 Å². The molecule has 2 heteroatoms. The minimum absolute atomic E-state index is 0.148. The van der Waals surface area contributed by atoms with E-state index >= 15 is 0 Å². The van der Waals surface area contributed by atoms with E-state index in [9.17, 15) is 5.11 Å². The first kappa shape index (κ1) is 11.0. The molecule has 1 aromatic rings. The topological polar surface area (TPSA) is 20.2 Å². The summed E-state index contributed by atoms with van der Waals surface area (Å²) >= 11 is 1.82. The molecule has 0 spiro atoms. The molecule has 0 aliphatic heterocycles. The van der Waals surface area contributed by atoms with Crippen molar-refractivity contribution in [3.05, 3.63) is 30.3 Å². The molecular weight excluding hydrogens is 204 g/mol. The van der Waals surface area contributed by atoms with Gasteiger partial charge in [0.1, 0.15) is 0 Å². The fourth-order valence-corrected chi connectivity index (χ4v) is 3.56. The lowest BCUT2D eigenvalue weighted by Crippen LogP contribution is -2.27. The maximum atomic E-state index is 9.97. The average Bonchev–Trinajstić information content (AvgIpc) is 2.47. The van der Waals surface area contributed by atoms with E-state index in [0.29, 0.717) is 5.25 Å². The molecule has 1 nitrogen and oxygen atoms in total. The third kappa shape index (κ3) is 2.37. The van der Waals surface area contributed by atoms with Crippen LogP contribution in [0.4, 0.5) is 0 Å². The number of hydrogen-bond donors (Lipinski definition) is 1. The van der Waals surface area contributed by atoms with Crippen LogP contribution in [0.5, 0.6) is 0 Å². The maximum absolute atomic E-state index is 9.97. The molecule has 15 heavy (non-hydrogen) atoms. The number of aliphatic hydroxyl groups excluding tert-OH is 1. The molecule has 1 fully saturated rings. The van der Waals surface area contributed by atoms with Gasteiger partial charge >= 0.3 is 0 Å². The van der Waals surface area contributed by atoms with E-state index in [4.69, 9.17) is 0 Å². The van der Waals surface area contributed by atoms with Crippen molar-refractivity contribution in [1.82, 2.24) is 0 Å². The Bertz CT molecular complexity index is 321. The number of benzene rings is 1. The van der Waals surface area contributed by atoms with Gasteiger partial charge in [-0.15, -0.1) is 11.8 Å². The van der Waals surface area contributed by atoms with E-state index in [1.54, 1.807) is 0 Å². The molecule has 0 bridgehead atoms. The maximum Gasteiger partial charge on any atom is 0.0667 e. The summed E-state index contributed by atoms with van der Waals surface area (Å²) in [5.74, 6) is 0. The summed E-state index contributed by atoms with van der Waals surface area (Å²) in [5, 5.41) is 10.3. The molecule has 1 N–H and O–H groups in total. The van der Waals surface area contributed by atoms with Crippen LogP contribution in [-0.4, -0.2) is 16.5 Å². The number of thioether (sulfide) groups is 1. The summed E-state index contributed by atoms with van der Waals surface area (Å²) in [4.78, 5) is 1.26. The van der Waals surface area contributed by atoms with E-state index in [1.165, 1.54) is 4.90 Å². The van der Waals surface area contributed by atoms with Crippen LogP contribution < -0.4 is 0 Å². The Labute approximate surface area is 95.9 Å². The Hall–Kier alpha value is -0.470. The molecule has 1 saturated carbocycles. The molecule has 1 aliphatic carbocycles. The molecule has 1 aliphatic rings. The van der Waals surface area contributed by atoms with Crippen molar-refractivity contribution in [3.8, 4) is 0 Å². The number of aliphatic hydroxyl groups is 1. The van der Waals surface area contributed by atoms with Gasteiger partial charge in [0, 0.05) is 10.1 Å². The lowest BCUT2D eigenvalue weighted by atomic mass is 9.91. The molecule has 2 rings (SSSR count). The second kappa shape index (κ2) is 4.18. The fraction of sp³-hybridized carbons (Fsp3) is 0.538. The van der Waals surface area contributed by atoms with Gasteiger partial charge in [-0.1, -0.05) is 32.0 Å². The first-order chi connectivity index (χ1) is 7.09. The molecule has 1 aromatic carbocycles. The van der Waals surface area contributed by atoms with Gasteiger partial charge in [0.25, 0.3) is 0 Å². The van der Waals surface area contributed by atoms with Crippen molar-refractivity contribution in [3.63, 3.8) is 0 Å². The van der Waals surface area contributed by atoms with Crippen LogP contribution in [0, 0.1) is 5.41 Å². The quantitative estimate of drug-likeness (QED) is 0.828. The van der Waals surface area contributed by atoms with Gasteiger partial charge in [-0.25, -0.2) is 0 Å². The zero-order valence-corrected chi connectivity index (χ0v) is 10.1.